The summed E-state index contributed by atoms with van der Waals surface area (Å²) in [5.74, 6) is -1.21. The summed E-state index contributed by atoms with van der Waals surface area (Å²) in [6.45, 7) is 3.35. The molecule has 1 heterocycles. The number of nitrogens with zero attached hydrogens (tertiary/aromatic N) is 1. The van der Waals surface area contributed by atoms with Gasteiger partial charge in [0.15, 0.2) is 6.61 Å². The van der Waals surface area contributed by atoms with Crippen molar-refractivity contribution in [3.63, 3.8) is 0 Å². The molecule has 0 spiro atoms. The lowest BCUT2D eigenvalue weighted by atomic mass is 9.79. The van der Waals surface area contributed by atoms with Crippen LogP contribution in [-0.4, -0.2) is 67.7 Å². The normalized spacial score (nSPS) is 17.7. The SMILES string of the molecule is O=C(COC(=O)c1ccccc1NC(=O)Cc1ccccc1)NCC1(N2CCOCC2)CCCCC1. The van der Waals surface area contributed by atoms with Crippen molar-refractivity contribution in [2.45, 2.75) is 44.1 Å². The Kier molecular flexibility index (Phi) is 9.08. The number of rotatable bonds is 9. The zero-order valence-electron chi connectivity index (χ0n) is 20.7. The third-order valence-electron chi connectivity index (χ3n) is 7.04. The van der Waals surface area contributed by atoms with Gasteiger partial charge < -0.3 is 20.1 Å². The van der Waals surface area contributed by atoms with E-state index in [1.165, 1.54) is 6.42 Å². The lowest BCUT2D eigenvalue weighted by Gasteiger charge is -2.48. The maximum Gasteiger partial charge on any atom is 0.340 e. The summed E-state index contributed by atoms with van der Waals surface area (Å²) in [6, 6.07) is 16.0. The predicted octanol–water partition coefficient (Wildman–Crippen LogP) is 3.18. The van der Waals surface area contributed by atoms with Crippen LogP contribution in [0.3, 0.4) is 0 Å². The Hall–Kier alpha value is -3.23. The average Bonchev–Trinajstić information content (AvgIpc) is 2.92. The lowest BCUT2D eigenvalue weighted by molar-refractivity contribution is -0.125. The van der Waals surface area contributed by atoms with Gasteiger partial charge in [-0.2, -0.15) is 0 Å². The molecule has 2 aliphatic rings. The summed E-state index contributed by atoms with van der Waals surface area (Å²) in [5, 5.41) is 5.78. The van der Waals surface area contributed by atoms with E-state index in [1.807, 2.05) is 30.3 Å². The van der Waals surface area contributed by atoms with E-state index in [1.54, 1.807) is 24.3 Å². The fourth-order valence-corrected chi connectivity index (χ4v) is 5.12. The fourth-order valence-electron chi connectivity index (χ4n) is 5.12. The molecule has 8 nitrogen and oxygen atoms in total. The van der Waals surface area contributed by atoms with E-state index in [-0.39, 0.29) is 35.9 Å². The second-order valence-electron chi connectivity index (χ2n) is 9.49. The van der Waals surface area contributed by atoms with Crippen LogP contribution in [0.1, 0.15) is 48.0 Å². The maximum atomic E-state index is 12.8. The van der Waals surface area contributed by atoms with Crippen molar-refractivity contribution in [2.24, 2.45) is 0 Å². The number of hydrogen-bond donors (Lipinski definition) is 2. The number of ether oxygens (including phenoxy) is 2. The van der Waals surface area contributed by atoms with Crippen molar-refractivity contribution >= 4 is 23.5 Å². The second-order valence-corrected chi connectivity index (χ2v) is 9.49. The number of para-hydroxylation sites is 1. The standard InChI is InChI=1S/C28H35N3O5/c32-25(19-22-9-3-1-4-10-22)30-24-12-6-5-11-23(24)27(34)36-20-26(33)29-21-28(13-7-2-8-14-28)31-15-17-35-18-16-31/h1,3-6,9-12H,2,7-8,13-21H2,(H,29,33)(H,30,32). The minimum Gasteiger partial charge on any atom is -0.452 e. The molecule has 2 amide bonds. The zero-order valence-corrected chi connectivity index (χ0v) is 20.7. The number of carbonyl (C=O) groups excluding carboxylic acids is 3. The van der Waals surface area contributed by atoms with Crippen LogP contribution < -0.4 is 10.6 Å². The first-order chi connectivity index (χ1) is 17.6. The van der Waals surface area contributed by atoms with Crippen molar-refractivity contribution in [3.05, 3.63) is 65.7 Å². The minimum absolute atomic E-state index is 0.0582. The Morgan fingerprint density at radius 2 is 1.58 bits per heavy atom. The molecular formula is C28H35N3O5. The lowest BCUT2D eigenvalue weighted by Crippen LogP contribution is -2.59. The highest BCUT2D eigenvalue weighted by Crippen LogP contribution is 2.33. The van der Waals surface area contributed by atoms with Gasteiger partial charge in [-0.15, -0.1) is 0 Å². The van der Waals surface area contributed by atoms with Gasteiger partial charge in [0.2, 0.25) is 5.91 Å². The van der Waals surface area contributed by atoms with Gasteiger partial charge in [-0.1, -0.05) is 61.7 Å². The third kappa shape index (κ3) is 6.92. The Labute approximate surface area is 212 Å². The van der Waals surface area contributed by atoms with E-state index in [4.69, 9.17) is 9.47 Å². The third-order valence-corrected chi connectivity index (χ3v) is 7.04. The molecule has 1 aliphatic carbocycles. The highest BCUT2D eigenvalue weighted by Gasteiger charge is 2.38. The number of nitrogens with one attached hydrogen (secondary N) is 2. The van der Waals surface area contributed by atoms with Crippen LogP contribution in [0.4, 0.5) is 5.69 Å². The summed E-state index contributed by atoms with van der Waals surface area (Å²) in [7, 11) is 0. The summed E-state index contributed by atoms with van der Waals surface area (Å²) in [5.41, 5.74) is 1.39. The first-order valence-electron chi connectivity index (χ1n) is 12.8. The number of morpholine rings is 1. The second kappa shape index (κ2) is 12.6. The van der Waals surface area contributed by atoms with Crippen molar-refractivity contribution in [2.75, 3.05) is 44.8 Å². The number of benzene rings is 2. The highest BCUT2D eigenvalue weighted by molar-refractivity contribution is 6.02. The van der Waals surface area contributed by atoms with Crippen molar-refractivity contribution in [1.82, 2.24) is 10.2 Å². The van der Waals surface area contributed by atoms with Crippen LogP contribution in [0.25, 0.3) is 0 Å². The molecule has 192 valence electrons. The van der Waals surface area contributed by atoms with Gasteiger partial charge in [-0.3, -0.25) is 14.5 Å². The summed E-state index contributed by atoms with van der Waals surface area (Å²) in [6.07, 6.45) is 5.80. The van der Waals surface area contributed by atoms with Gasteiger partial charge in [0.05, 0.1) is 30.9 Å². The molecule has 0 bridgehead atoms. The average molecular weight is 494 g/mol. The van der Waals surface area contributed by atoms with Crippen LogP contribution in [0.15, 0.2) is 54.6 Å². The minimum atomic E-state index is -0.652. The predicted molar refractivity (Wildman–Crippen MR) is 137 cm³/mol. The fraction of sp³-hybridized carbons (Fsp3) is 0.464. The van der Waals surface area contributed by atoms with Gasteiger partial charge in [-0.25, -0.2) is 4.79 Å². The van der Waals surface area contributed by atoms with Crippen LogP contribution in [0.2, 0.25) is 0 Å². The molecule has 1 aliphatic heterocycles. The van der Waals surface area contributed by atoms with E-state index in [0.717, 1.165) is 44.3 Å². The van der Waals surface area contributed by atoms with E-state index in [0.29, 0.717) is 25.4 Å². The Morgan fingerprint density at radius 1 is 0.889 bits per heavy atom. The van der Waals surface area contributed by atoms with Gasteiger partial charge in [0.25, 0.3) is 5.91 Å². The number of hydrogen-bond acceptors (Lipinski definition) is 6. The van der Waals surface area contributed by atoms with E-state index in [9.17, 15) is 14.4 Å². The van der Waals surface area contributed by atoms with Crippen molar-refractivity contribution in [1.29, 1.82) is 0 Å². The molecule has 2 aromatic carbocycles. The van der Waals surface area contributed by atoms with Gasteiger partial charge in [-0.05, 0) is 30.5 Å². The molecule has 0 radical (unpaired) electrons. The number of carbonyl (C=O) groups is 3. The monoisotopic (exact) mass is 493 g/mol. The molecule has 4 rings (SSSR count). The van der Waals surface area contributed by atoms with Crippen LogP contribution in [0, 0.1) is 0 Å². The van der Waals surface area contributed by atoms with Gasteiger partial charge in [0, 0.05) is 25.2 Å². The number of amides is 2. The van der Waals surface area contributed by atoms with Gasteiger partial charge >= 0.3 is 5.97 Å². The molecule has 1 saturated carbocycles. The van der Waals surface area contributed by atoms with E-state index >= 15 is 0 Å². The molecule has 0 unspecified atom stereocenters. The summed E-state index contributed by atoms with van der Waals surface area (Å²) < 4.78 is 10.8. The molecule has 36 heavy (non-hydrogen) atoms. The summed E-state index contributed by atoms with van der Waals surface area (Å²) in [4.78, 5) is 40.3. The number of anilines is 1. The largest absolute Gasteiger partial charge is 0.452 e. The molecule has 1 saturated heterocycles. The topological polar surface area (TPSA) is 97.0 Å². The first kappa shape index (κ1) is 25.9. The summed E-state index contributed by atoms with van der Waals surface area (Å²) >= 11 is 0. The molecule has 0 atom stereocenters. The first-order valence-corrected chi connectivity index (χ1v) is 12.8. The molecule has 0 aromatic heterocycles. The Bertz CT molecular complexity index is 1030. The molecule has 2 aromatic rings. The molecule has 2 N–H and O–H groups in total. The van der Waals surface area contributed by atoms with E-state index < -0.39 is 5.97 Å². The number of esters is 1. The Morgan fingerprint density at radius 3 is 2.33 bits per heavy atom. The molecule has 8 heteroatoms. The smallest absolute Gasteiger partial charge is 0.340 e. The van der Waals surface area contributed by atoms with Crippen LogP contribution >= 0.6 is 0 Å². The van der Waals surface area contributed by atoms with Gasteiger partial charge in [0.1, 0.15) is 0 Å². The Balaban J connectivity index is 1.29. The van der Waals surface area contributed by atoms with Crippen molar-refractivity contribution < 1.29 is 23.9 Å². The van der Waals surface area contributed by atoms with E-state index in [2.05, 4.69) is 15.5 Å². The van der Waals surface area contributed by atoms with Crippen LogP contribution in [-0.2, 0) is 25.5 Å². The van der Waals surface area contributed by atoms with Crippen molar-refractivity contribution in [3.8, 4) is 0 Å². The zero-order chi connectivity index (χ0) is 25.2. The molecular weight excluding hydrogens is 458 g/mol. The highest BCUT2D eigenvalue weighted by atomic mass is 16.5. The maximum absolute atomic E-state index is 12.8. The van der Waals surface area contributed by atoms with Crippen LogP contribution in [0.5, 0.6) is 0 Å². The molecule has 2 fully saturated rings. The quantitative estimate of drug-likeness (QED) is 0.521.